The maximum Gasteiger partial charge on any atom is 0.282 e. The lowest BCUT2D eigenvalue weighted by molar-refractivity contribution is -0.862. The average molecular weight is 359 g/mol. The number of hydrogen-bond donors (Lipinski definition) is 2. The number of halogens is 1. The number of carbonyl (C=O) groups excluding carboxylic acids is 2. The number of anilines is 2. The molecule has 1 aliphatic heterocycles. The van der Waals surface area contributed by atoms with Crippen molar-refractivity contribution in [2.75, 3.05) is 36.9 Å². The van der Waals surface area contributed by atoms with Crippen LogP contribution in [0.2, 0.25) is 5.02 Å². The molecule has 0 saturated heterocycles. The van der Waals surface area contributed by atoms with Gasteiger partial charge in [0.1, 0.15) is 0 Å². The first-order valence-electron chi connectivity index (χ1n) is 8.28. The van der Waals surface area contributed by atoms with Crippen molar-refractivity contribution in [1.82, 2.24) is 0 Å². The van der Waals surface area contributed by atoms with Crippen LogP contribution in [0.5, 0.6) is 0 Å². The van der Waals surface area contributed by atoms with Gasteiger partial charge in [-0.05, 0) is 42.3 Å². The Labute approximate surface area is 152 Å². The largest absolute Gasteiger partial charge is 0.322 e. The third-order valence-corrected chi connectivity index (χ3v) is 4.48. The smallest absolute Gasteiger partial charge is 0.282 e. The first kappa shape index (κ1) is 17.5. The van der Waals surface area contributed by atoms with E-state index in [1.54, 1.807) is 24.3 Å². The molecule has 6 heteroatoms. The van der Waals surface area contributed by atoms with Gasteiger partial charge in [0.15, 0.2) is 13.1 Å². The van der Waals surface area contributed by atoms with Gasteiger partial charge in [0, 0.05) is 22.9 Å². The lowest BCUT2D eigenvalue weighted by Crippen LogP contribution is -3.11. The highest BCUT2D eigenvalue weighted by Crippen LogP contribution is 2.26. The molecule has 2 amide bonds. The fourth-order valence-corrected chi connectivity index (χ4v) is 3.15. The van der Waals surface area contributed by atoms with E-state index in [2.05, 4.69) is 11.4 Å². The van der Waals surface area contributed by atoms with Crippen LogP contribution in [0.15, 0.2) is 48.5 Å². The highest BCUT2D eigenvalue weighted by molar-refractivity contribution is 6.30. The maximum atomic E-state index is 12.6. The van der Waals surface area contributed by atoms with E-state index in [1.807, 2.05) is 30.1 Å². The second-order valence-electron chi connectivity index (χ2n) is 6.29. The van der Waals surface area contributed by atoms with Gasteiger partial charge in [0.2, 0.25) is 0 Å². The summed E-state index contributed by atoms with van der Waals surface area (Å²) in [6, 6.07) is 14.9. The van der Waals surface area contributed by atoms with E-state index in [1.165, 1.54) is 5.56 Å². The molecular formula is C19H21ClN3O2+. The van der Waals surface area contributed by atoms with Crippen LogP contribution in [0, 0.1) is 0 Å². The van der Waals surface area contributed by atoms with Crippen molar-refractivity contribution in [2.45, 2.75) is 6.42 Å². The van der Waals surface area contributed by atoms with Crippen molar-refractivity contribution in [3.63, 3.8) is 0 Å². The fraction of sp³-hybridized carbons (Fsp3) is 0.263. The van der Waals surface area contributed by atoms with E-state index in [-0.39, 0.29) is 24.9 Å². The van der Waals surface area contributed by atoms with E-state index in [9.17, 15) is 9.59 Å². The van der Waals surface area contributed by atoms with Gasteiger partial charge in [-0.25, -0.2) is 0 Å². The molecule has 0 saturated carbocycles. The maximum absolute atomic E-state index is 12.6. The van der Waals surface area contributed by atoms with Gasteiger partial charge in [-0.15, -0.1) is 0 Å². The van der Waals surface area contributed by atoms with Crippen molar-refractivity contribution in [2.24, 2.45) is 0 Å². The number of rotatable bonds is 5. The summed E-state index contributed by atoms with van der Waals surface area (Å²) in [5, 5.41) is 3.44. The molecule has 0 aliphatic carbocycles. The number of nitrogens with zero attached hydrogens (tertiary/aromatic N) is 1. The van der Waals surface area contributed by atoms with Gasteiger partial charge < -0.3 is 15.1 Å². The third-order valence-electron chi connectivity index (χ3n) is 4.23. The summed E-state index contributed by atoms with van der Waals surface area (Å²) < 4.78 is 0. The van der Waals surface area contributed by atoms with E-state index in [4.69, 9.17) is 11.6 Å². The Balaban J connectivity index is 1.52. The van der Waals surface area contributed by atoms with Crippen LogP contribution in [0.4, 0.5) is 11.4 Å². The summed E-state index contributed by atoms with van der Waals surface area (Å²) in [6.45, 7) is 1.22. The first-order valence-corrected chi connectivity index (χ1v) is 8.66. The Bertz CT molecular complexity index is 776. The van der Waals surface area contributed by atoms with Crippen LogP contribution in [-0.4, -0.2) is 38.5 Å². The Kier molecular flexibility index (Phi) is 5.36. The minimum absolute atomic E-state index is 0.0433. The third kappa shape index (κ3) is 4.38. The number of para-hydroxylation sites is 1. The summed E-state index contributed by atoms with van der Waals surface area (Å²) in [7, 11) is 1.85. The van der Waals surface area contributed by atoms with Gasteiger partial charge in [0.25, 0.3) is 11.8 Å². The molecular weight excluding hydrogens is 338 g/mol. The highest BCUT2D eigenvalue weighted by Gasteiger charge is 2.26. The van der Waals surface area contributed by atoms with Crippen LogP contribution >= 0.6 is 11.6 Å². The second-order valence-corrected chi connectivity index (χ2v) is 6.73. The molecule has 2 aromatic carbocycles. The van der Waals surface area contributed by atoms with Gasteiger partial charge in [-0.1, -0.05) is 29.8 Å². The average Bonchev–Trinajstić information content (AvgIpc) is 3.01. The van der Waals surface area contributed by atoms with Crippen LogP contribution in [0.25, 0.3) is 0 Å². The normalized spacial score (nSPS) is 14.1. The number of nitrogens with one attached hydrogen (secondary N) is 2. The number of fused-ring (bicyclic) bond motifs is 1. The lowest BCUT2D eigenvalue weighted by atomic mass is 10.2. The van der Waals surface area contributed by atoms with Gasteiger partial charge in [-0.3, -0.25) is 9.59 Å². The van der Waals surface area contributed by atoms with Gasteiger partial charge in [0.05, 0.1) is 7.05 Å². The van der Waals surface area contributed by atoms with Crippen LogP contribution < -0.4 is 15.1 Å². The highest BCUT2D eigenvalue weighted by atomic mass is 35.5. The second kappa shape index (κ2) is 7.68. The predicted octanol–water partition coefficient (Wildman–Crippen LogP) is 1.38. The van der Waals surface area contributed by atoms with Gasteiger partial charge >= 0.3 is 0 Å². The Morgan fingerprint density at radius 3 is 2.60 bits per heavy atom. The molecule has 1 heterocycles. The molecule has 0 radical (unpaired) electrons. The summed E-state index contributed by atoms with van der Waals surface area (Å²) in [5.74, 6) is -0.0869. The van der Waals surface area contributed by atoms with E-state index in [0.717, 1.165) is 17.0 Å². The zero-order chi connectivity index (χ0) is 17.8. The molecule has 0 spiro atoms. The number of likely N-dealkylation sites (N-methyl/N-ethyl adjacent to an activating group) is 1. The molecule has 1 unspecified atom stereocenters. The number of quaternary nitrogens is 1. The predicted molar refractivity (Wildman–Crippen MR) is 99.2 cm³/mol. The summed E-state index contributed by atoms with van der Waals surface area (Å²) in [4.78, 5) is 27.3. The first-order chi connectivity index (χ1) is 12.0. The minimum atomic E-state index is -0.130. The molecule has 25 heavy (non-hydrogen) atoms. The molecule has 0 fully saturated rings. The molecule has 2 aromatic rings. The van der Waals surface area contributed by atoms with Crippen molar-refractivity contribution >= 4 is 34.8 Å². The topological polar surface area (TPSA) is 53.9 Å². The number of benzene rings is 2. The van der Waals surface area contributed by atoms with E-state index >= 15 is 0 Å². The molecule has 1 aliphatic rings. The summed E-state index contributed by atoms with van der Waals surface area (Å²) >= 11 is 5.83. The summed E-state index contributed by atoms with van der Waals surface area (Å²) in [5.41, 5.74) is 2.89. The van der Waals surface area contributed by atoms with Crippen molar-refractivity contribution in [1.29, 1.82) is 0 Å². The molecule has 5 nitrogen and oxygen atoms in total. The molecule has 1 atom stereocenters. The quantitative estimate of drug-likeness (QED) is 0.848. The number of amides is 2. The Morgan fingerprint density at radius 2 is 1.84 bits per heavy atom. The number of hydrogen-bond acceptors (Lipinski definition) is 2. The standard InChI is InChI=1S/C19H20ClN3O2/c1-22(12-18(24)21-16-8-6-15(20)7-9-16)13-19(25)23-11-10-14-4-2-3-5-17(14)23/h2-9H,10-13H2,1H3,(H,21,24)/p+1. The SMILES string of the molecule is C[NH+](CC(=O)Nc1ccc(Cl)cc1)CC(=O)N1CCc2ccccc21. The van der Waals surface area contributed by atoms with Crippen LogP contribution in [0.3, 0.4) is 0 Å². The Morgan fingerprint density at radius 1 is 1.12 bits per heavy atom. The monoisotopic (exact) mass is 358 g/mol. The molecule has 2 N–H and O–H groups in total. The van der Waals surface area contributed by atoms with Crippen molar-refractivity contribution in [3.05, 3.63) is 59.1 Å². The van der Waals surface area contributed by atoms with Crippen LogP contribution in [-0.2, 0) is 16.0 Å². The summed E-state index contributed by atoms with van der Waals surface area (Å²) in [6.07, 6.45) is 0.887. The molecule has 0 aromatic heterocycles. The fourth-order valence-electron chi connectivity index (χ4n) is 3.03. The van der Waals surface area contributed by atoms with E-state index in [0.29, 0.717) is 17.3 Å². The molecule has 3 rings (SSSR count). The number of carbonyl (C=O) groups is 2. The van der Waals surface area contributed by atoms with Gasteiger partial charge in [-0.2, -0.15) is 0 Å². The Hall–Kier alpha value is -2.37. The lowest BCUT2D eigenvalue weighted by Gasteiger charge is -2.20. The van der Waals surface area contributed by atoms with Crippen molar-refractivity contribution < 1.29 is 14.5 Å². The minimum Gasteiger partial charge on any atom is -0.322 e. The van der Waals surface area contributed by atoms with Crippen LogP contribution in [0.1, 0.15) is 5.56 Å². The van der Waals surface area contributed by atoms with Crippen molar-refractivity contribution in [3.8, 4) is 0 Å². The molecule has 0 bridgehead atoms. The zero-order valence-corrected chi connectivity index (χ0v) is 14.8. The zero-order valence-electron chi connectivity index (χ0n) is 14.1. The molecule has 130 valence electrons. The van der Waals surface area contributed by atoms with E-state index < -0.39 is 0 Å².